The molecule has 3 aromatic carbocycles. The van der Waals surface area contributed by atoms with E-state index in [1.165, 1.54) is 12.1 Å². The second kappa shape index (κ2) is 13.0. The first-order valence-corrected chi connectivity index (χ1v) is 15.4. The second-order valence-corrected chi connectivity index (χ2v) is 12.1. The smallest absolute Gasteiger partial charge is 0.242 e. The molecule has 0 aliphatic rings. The number of aromatic nitrogens is 2. The van der Waals surface area contributed by atoms with Crippen molar-refractivity contribution in [3.05, 3.63) is 88.9 Å². The molecule has 0 radical (unpaired) electrons. The van der Waals surface area contributed by atoms with Crippen LogP contribution in [0.25, 0.3) is 22.5 Å². The normalized spacial score (nSPS) is 11.6. The van der Waals surface area contributed by atoms with Crippen LogP contribution in [0.3, 0.4) is 0 Å². The Morgan fingerprint density at radius 1 is 0.919 bits per heavy atom. The molecule has 0 amide bonds. The van der Waals surface area contributed by atoms with Crippen LogP contribution in [0.1, 0.15) is 26.2 Å². The molecule has 0 atom stereocenters. The lowest BCUT2D eigenvalue weighted by molar-refractivity contribution is 0.581. The number of thioether (sulfide) groups is 1. The van der Waals surface area contributed by atoms with Crippen LogP contribution in [0.4, 0.5) is 0 Å². The highest BCUT2D eigenvalue weighted by Gasteiger charge is 2.21. The Kier molecular flexibility index (Phi) is 9.73. The molecule has 4 rings (SSSR count). The van der Waals surface area contributed by atoms with Crippen molar-refractivity contribution >= 4 is 45.0 Å². The second-order valence-electron chi connectivity index (χ2n) is 8.50. The lowest BCUT2D eigenvalue weighted by Gasteiger charge is -2.13. The van der Waals surface area contributed by atoms with Crippen LogP contribution in [0.15, 0.2) is 88.9 Å². The minimum absolute atomic E-state index is 0.00978. The largest absolute Gasteiger partial charge is 0.318 e. The van der Waals surface area contributed by atoms with Gasteiger partial charge < -0.3 is 4.57 Å². The van der Waals surface area contributed by atoms with Gasteiger partial charge in [-0.2, -0.15) is 0 Å². The number of halogens is 2. The van der Waals surface area contributed by atoms with E-state index in [4.69, 9.17) is 28.2 Å². The van der Waals surface area contributed by atoms with Crippen molar-refractivity contribution in [3.63, 3.8) is 0 Å². The van der Waals surface area contributed by atoms with Crippen LogP contribution < -0.4 is 4.72 Å². The van der Waals surface area contributed by atoms with E-state index in [0.29, 0.717) is 17.2 Å². The molecule has 0 bridgehead atoms. The molecule has 5 nitrogen and oxygen atoms in total. The van der Waals surface area contributed by atoms with Gasteiger partial charge in [0.25, 0.3) is 0 Å². The maximum Gasteiger partial charge on any atom is 0.242 e. The number of hydrogen-bond acceptors (Lipinski definition) is 4. The number of benzene rings is 3. The molecular weight excluding hydrogens is 545 g/mol. The highest BCUT2D eigenvalue weighted by Crippen LogP contribution is 2.36. The molecule has 37 heavy (non-hydrogen) atoms. The fourth-order valence-corrected chi connectivity index (χ4v) is 6.76. The summed E-state index contributed by atoms with van der Waals surface area (Å²) in [5.41, 5.74) is 4.27. The molecule has 0 aliphatic carbocycles. The minimum Gasteiger partial charge on any atom is -0.318 e. The SMILES string of the molecule is CCCCn1c(SCCCNS(=O)(=O)c2cc(Cl)ccc2Cl)nc(-c2ccccc2)c1-c1ccccc1. The van der Waals surface area contributed by atoms with Gasteiger partial charge in [-0.1, -0.05) is 109 Å². The monoisotopic (exact) mass is 573 g/mol. The maximum atomic E-state index is 12.7. The van der Waals surface area contributed by atoms with Crippen molar-refractivity contribution in [1.29, 1.82) is 0 Å². The van der Waals surface area contributed by atoms with Crippen LogP contribution in [0.2, 0.25) is 10.0 Å². The van der Waals surface area contributed by atoms with E-state index in [2.05, 4.69) is 40.5 Å². The van der Waals surface area contributed by atoms with Crippen molar-refractivity contribution in [2.24, 2.45) is 0 Å². The molecule has 0 saturated heterocycles. The van der Waals surface area contributed by atoms with Crippen LogP contribution in [-0.4, -0.2) is 30.3 Å². The molecule has 194 valence electrons. The number of sulfonamides is 1. The minimum atomic E-state index is -3.75. The van der Waals surface area contributed by atoms with Crippen LogP contribution in [0.5, 0.6) is 0 Å². The molecule has 1 aromatic heterocycles. The summed E-state index contributed by atoms with van der Waals surface area (Å²) in [6, 6.07) is 25.0. The van der Waals surface area contributed by atoms with Crippen LogP contribution in [0, 0.1) is 0 Å². The highest BCUT2D eigenvalue weighted by molar-refractivity contribution is 7.99. The van der Waals surface area contributed by atoms with E-state index in [0.717, 1.165) is 47.1 Å². The third kappa shape index (κ3) is 6.98. The van der Waals surface area contributed by atoms with Crippen molar-refractivity contribution in [3.8, 4) is 22.5 Å². The van der Waals surface area contributed by atoms with Crippen molar-refractivity contribution in [1.82, 2.24) is 14.3 Å². The first-order valence-electron chi connectivity index (χ1n) is 12.2. The molecular formula is C28H29Cl2N3O2S2. The summed E-state index contributed by atoms with van der Waals surface area (Å²) < 4.78 is 30.3. The molecule has 0 unspecified atom stereocenters. The first kappa shape index (κ1) is 27.7. The summed E-state index contributed by atoms with van der Waals surface area (Å²) in [5, 5.41) is 1.40. The fraction of sp³-hybridized carbons (Fsp3) is 0.250. The molecule has 9 heteroatoms. The Morgan fingerprint density at radius 2 is 1.59 bits per heavy atom. The molecule has 0 aliphatic heterocycles. The van der Waals surface area contributed by atoms with E-state index in [1.807, 2.05) is 36.4 Å². The lowest BCUT2D eigenvalue weighted by atomic mass is 10.0. The number of nitrogens with one attached hydrogen (secondary N) is 1. The average molecular weight is 575 g/mol. The zero-order chi connectivity index (χ0) is 26.3. The number of nitrogens with zero attached hydrogens (tertiary/aromatic N) is 2. The Labute approximate surface area is 233 Å². The number of unbranched alkanes of at least 4 members (excludes halogenated alkanes) is 1. The van der Waals surface area contributed by atoms with Crippen LogP contribution >= 0.6 is 35.0 Å². The van der Waals surface area contributed by atoms with Crippen molar-refractivity contribution in [2.45, 2.75) is 42.8 Å². The highest BCUT2D eigenvalue weighted by atomic mass is 35.5. The Bertz CT molecular complexity index is 1430. The Morgan fingerprint density at radius 3 is 2.27 bits per heavy atom. The van der Waals surface area contributed by atoms with E-state index in [-0.39, 0.29) is 16.5 Å². The third-order valence-electron chi connectivity index (χ3n) is 5.79. The summed E-state index contributed by atoms with van der Waals surface area (Å²) in [6.45, 7) is 3.33. The van der Waals surface area contributed by atoms with Gasteiger partial charge in [-0.05, 0) is 31.0 Å². The predicted octanol–water partition coefficient (Wildman–Crippen LogP) is 7.78. The van der Waals surface area contributed by atoms with Gasteiger partial charge in [0.15, 0.2) is 5.16 Å². The molecule has 1 N–H and O–H groups in total. The molecule has 0 fully saturated rings. The fourth-order valence-electron chi connectivity index (χ4n) is 3.96. The van der Waals surface area contributed by atoms with E-state index < -0.39 is 10.0 Å². The van der Waals surface area contributed by atoms with E-state index >= 15 is 0 Å². The van der Waals surface area contributed by atoms with E-state index in [9.17, 15) is 8.42 Å². The topological polar surface area (TPSA) is 64.0 Å². The number of imidazole rings is 1. The van der Waals surface area contributed by atoms with Gasteiger partial charge in [0.1, 0.15) is 4.90 Å². The lowest BCUT2D eigenvalue weighted by Crippen LogP contribution is -2.25. The quantitative estimate of drug-likeness (QED) is 0.139. The summed E-state index contributed by atoms with van der Waals surface area (Å²) in [5.74, 6) is 0.706. The zero-order valence-electron chi connectivity index (χ0n) is 20.5. The summed E-state index contributed by atoms with van der Waals surface area (Å²) >= 11 is 13.7. The van der Waals surface area contributed by atoms with Gasteiger partial charge in [0.2, 0.25) is 10.0 Å². The van der Waals surface area contributed by atoms with Gasteiger partial charge in [0.05, 0.1) is 16.4 Å². The maximum absolute atomic E-state index is 12.7. The van der Waals surface area contributed by atoms with Crippen molar-refractivity contribution < 1.29 is 8.42 Å². The van der Waals surface area contributed by atoms with Crippen molar-refractivity contribution in [2.75, 3.05) is 12.3 Å². The molecule has 0 saturated carbocycles. The standard InChI is InChI=1S/C28H29Cl2N3O2S2/c1-2-3-18-33-27(22-13-8-5-9-14-22)26(21-11-6-4-7-12-21)32-28(33)36-19-10-17-31-37(34,35)25-20-23(29)15-16-24(25)30/h4-9,11-16,20,31H,2-3,10,17-19H2,1H3. The number of hydrogen-bond donors (Lipinski definition) is 1. The summed E-state index contributed by atoms with van der Waals surface area (Å²) in [4.78, 5) is 5.07. The Hall–Kier alpha value is -2.29. The van der Waals surface area contributed by atoms with Gasteiger partial charge in [-0.3, -0.25) is 0 Å². The molecule has 0 spiro atoms. The summed E-state index contributed by atoms with van der Waals surface area (Å²) in [7, 11) is -3.75. The third-order valence-corrected chi connectivity index (χ3v) is 9.03. The van der Waals surface area contributed by atoms with E-state index in [1.54, 1.807) is 17.8 Å². The summed E-state index contributed by atoms with van der Waals surface area (Å²) in [6.07, 6.45) is 2.74. The Balaban J connectivity index is 1.53. The van der Waals surface area contributed by atoms with Gasteiger partial charge in [0, 0.05) is 35.0 Å². The first-order chi connectivity index (χ1) is 17.9. The van der Waals surface area contributed by atoms with Gasteiger partial charge >= 0.3 is 0 Å². The van der Waals surface area contributed by atoms with Gasteiger partial charge in [-0.15, -0.1) is 0 Å². The predicted molar refractivity (Wildman–Crippen MR) is 155 cm³/mol. The molecule has 1 heterocycles. The van der Waals surface area contributed by atoms with Gasteiger partial charge in [-0.25, -0.2) is 18.1 Å². The zero-order valence-corrected chi connectivity index (χ0v) is 23.7. The molecule has 4 aromatic rings. The number of rotatable bonds is 12. The van der Waals surface area contributed by atoms with Crippen LogP contribution in [-0.2, 0) is 16.6 Å². The average Bonchev–Trinajstić information content (AvgIpc) is 3.27.